The molecule has 0 atom stereocenters. The molecule has 0 saturated heterocycles. The summed E-state index contributed by atoms with van der Waals surface area (Å²) in [5, 5.41) is 2.60. The second kappa shape index (κ2) is 9.92. The minimum absolute atomic E-state index is 0.0418. The molecule has 1 N–H and O–H groups in total. The average molecular weight is 477 g/mol. The summed E-state index contributed by atoms with van der Waals surface area (Å²) in [6.07, 6.45) is 4.84. The van der Waals surface area contributed by atoms with Crippen molar-refractivity contribution in [2.24, 2.45) is 0 Å². The first-order valence-corrected chi connectivity index (χ1v) is 11.1. The Morgan fingerprint density at radius 3 is 2.63 bits per heavy atom. The summed E-state index contributed by atoms with van der Waals surface area (Å²) < 4.78 is 40.4. The zero-order chi connectivity index (χ0) is 24.2. The molecule has 0 saturated carbocycles. The van der Waals surface area contributed by atoms with Gasteiger partial charge < -0.3 is 13.9 Å². The van der Waals surface area contributed by atoms with Gasteiger partial charge in [0.05, 0.1) is 5.69 Å². The third-order valence-electron chi connectivity index (χ3n) is 5.59. The van der Waals surface area contributed by atoms with E-state index in [9.17, 15) is 13.6 Å². The van der Waals surface area contributed by atoms with E-state index in [1.54, 1.807) is 30.3 Å². The van der Waals surface area contributed by atoms with Crippen LogP contribution < -0.4 is 14.8 Å². The number of nitrogens with one attached hydrogen (secondary N) is 1. The second-order valence-electron chi connectivity index (χ2n) is 7.96. The summed E-state index contributed by atoms with van der Waals surface area (Å²) in [5.41, 5.74) is 3.84. The summed E-state index contributed by atoms with van der Waals surface area (Å²) in [6, 6.07) is 17.0. The zero-order valence-electron chi connectivity index (χ0n) is 18.5. The van der Waals surface area contributed by atoms with Crippen molar-refractivity contribution in [2.75, 3.05) is 5.32 Å². The van der Waals surface area contributed by atoms with E-state index in [0.29, 0.717) is 17.0 Å². The van der Waals surface area contributed by atoms with Crippen LogP contribution in [0.2, 0.25) is 0 Å². The van der Waals surface area contributed by atoms with E-state index in [0.717, 1.165) is 18.6 Å². The highest BCUT2D eigenvalue weighted by atomic mass is 19.3. The van der Waals surface area contributed by atoms with Gasteiger partial charge in [0.2, 0.25) is 5.95 Å². The SMILES string of the molecule is O=C(Nc1nccc(-c2ccc(OC(F)F)cc2)n1)c1ccc(COc2ccc3c(c2)CCC3)o1. The van der Waals surface area contributed by atoms with Crippen LogP contribution in [0.4, 0.5) is 14.7 Å². The summed E-state index contributed by atoms with van der Waals surface area (Å²) in [4.78, 5) is 21.0. The molecule has 0 aliphatic heterocycles. The smallest absolute Gasteiger partial charge is 0.387 e. The van der Waals surface area contributed by atoms with E-state index in [1.165, 1.54) is 35.9 Å². The third-order valence-corrected chi connectivity index (χ3v) is 5.59. The number of benzene rings is 2. The molecule has 2 aromatic carbocycles. The van der Waals surface area contributed by atoms with E-state index < -0.39 is 12.5 Å². The molecule has 4 aromatic rings. The Hall–Kier alpha value is -4.27. The molecule has 2 heterocycles. The van der Waals surface area contributed by atoms with Crippen LogP contribution in [0, 0.1) is 0 Å². The Labute approximate surface area is 199 Å². The molecule has 2 aromatic heterocycles. The lowest BCUT2D eigenvalue weighted by Gasteiger charge is -2.07. The number of carbonyl (C=O) groups excluding carboxylic acids is 1. The number of alkyl halides is 2. The van der Waals surface area contributed by atoms with Gasteiger partial charge in [-0.2, -0.15) is 8.78 Å². The molecule has 1 aliphatic rings. The average Bonchev–Trinajstić information content (AvgIpc) is 3.52. The molecule has 5 rings (SSSR count). The van der Waals surface area contributed by atoms with Crippen LogP contribution in [0.1, 0.15) is 33.9 Å². The van der Waals surface area contributed by atoms with Gasteiger partial charge in [-0.1, -0.05) is 6.07 Å². The van der Waals surface area contributed by atoms with Crippen molar-refractivity contribution in [1.82, 2.24) is 9.97 Å². The summed E-state index contributed by atoms with van der Waals surface area (Å²) in [5.74, 6) is 0.989. The van der Waals surface area contributed by atoms with Crippen molar-refractivity contribution in [3.63, 3.8) is 0 Å². The second-order valence-corrected chi connectivity index (χ2v) is 7.96. The van der Waals surface area contributed by atoms with Crippen molar-refractivity contribution in [3.8, 4) is 22.8 Å². The predicted octanol–water partition coefficient (Wildman–Crippen LogP) is 5.66. The maximum absolute atomic E-state index is 12.6. The standard InChI is InChI=1S/C26H21F2N3O4/c27-25(28)35-19-7-5-17(6-8-19)22-12-13-29-26(30-22)31-24(32)23-11-10-21(34-23)15-33-20-9-4-16-2-1-3-18(16)14-20/h4-14,25H,1-3,15H2,(H,29,30,31,32). The number of nitrogens with zero attached hydrogens (tertiary/aromatic N) is 2. The van der Waals surface area contributed by atoms with Crippen LogP contribution in [0.3, 0.4) is 0 Å². The number of aryl methyl sites for hydroxylation is 2. The summed E-state index contributed by atoms with van der Waals surface area (Å²) in [7, 11) is 0. The molecule has 0 bridgehead atoms. The monoisotopic (exact) mass is 477 g/mol. The van der Waals surface area contributed by atoms with Gasteiger partial charge in [0, 0.05) is 11.8 Å². The molecule has 0 radical (unpaired) electrons. The topological polar surface area (TPSA) is 86.5 Å². The van der Waals surface area contributed by atoms with Gasteiger partial charge in [0.15, 0.2) is 5.76 Å². The minimum Gasteiger partial charge on any atom is -0.486 e. The van der Waals surface area contributed by atoms with Crippen molar-refractivity contribution in [2.45, 2.75) is 32.5 Å². The quantitative estimate of drug-likeness (QED) is 0.353. The highest BCUT2D eigenvalue weighted by Gasteiger charge is 2.15. The van der Waals surface area contributed by atoms with E-state index >= 15 is 0 Å². The molecular formula is C26H21F2N3O4. The molecule has 178 valence electrons. The van der Waals surface area contributed by atoms with E-state index in [1.807, 2.05) is 6.07 Å². The lowest BCUT2D eigenvalue weighted by atomic mass is 10.1. The van der Waals surface area contributed by atoms with Gasteiger partial charge in [0.25, 0.3) is 5.91 Å². The number of fused-ring (bicyclic) bond motifs is 1. The Bertz CT molecular complexity index is 1340. The number of amides is 1. The fraction of sp³-hybridized carbons (Fsp3) is 0.192. The first kappa shape index (κ1) is 22.5. The molecule has 0 fully saturated rings. The molecule has 1 aliphatic carbocycles. The summed E-state index contributed by atoms with van der Waals surface area (Å²) in [6.45, 7) is -2.70. The number of hydrogen-bond acceptors (Lipinski definition) is 6. The predicted molar refractivity (Wildman–Crippen MR) is 124 cm³/mol. The number of rotatable bonds is 8. The molecule has 9 heteroatoms. The fourth-order valence-electron chi connectivity index (χ4n) is 3.92. The maximum Gasteiger partial charge on any atom is 0.387 e. The van der Waals surface area contributed by atoms with E-state index in [4.69, 9.17) is 9.15 Å². The number of hydrogen-bond donors (Lipinski definition) is 1. The molecule has 0 unspecified atom stereocenters. The number of carbonyl (C=O) groups is 1. The largest absolute Gasteiger partial charge is 0.486 e. The normalized spacial score (nSPS) is 12.4. The lowest BCUT2D eigenvalue weighted by Crippen LogP contribution is -2.13. The first-order valence-electron chi connectivity index (χ1n) is 11.1. The number of anilines is 1. The zero-order valence-corrected chi connectivity index (χ0v) is 18.5. The lowest BCUT2D eigenvalue weighted by molar-refractivity contribution is -0.0498. The van der Waals surface area contributed by atoms with Crippen molar-refractivity contribution in [1.29, 1.82) is 0 Å². The van der Waals surface area contributed by atoms with E-state index in [-0.39, 0.29) is 24.1 Å². The van der Waals surface area contributed by atoms with Gasteiger partial charge in [-0.3, -0.25) is 10.1 Å². The Balaban J connectivity index is 1.20. The van der Waals surface area contributed by atoms with Crippen molar-refractivity contribution in [3.05, 3.63) is 89.5 Å². The number of furan rings is 1. The van der Waals surface area contributed by atoms with Crippen molar-refractivity contribution >= 4 is 11.9 Å². The molecule has 7 nitrogen and oxygen atoms in total. The minimum atomic E-state index is -2.89. The molecule has 35 heavy (non-hydrogen) atoms. The number of aromatic nitrogens is 2. The highest BCUT2D eigenvalue weighted by Crippen LogP contribution is 2.27. The van der Waals surface area contributed by atoms with E-state index in [2.05, 4.69) is 32.2 Å². The fourth-order valence-corrected chi connectivity index (χ4v) is 3.92. The summed E-state index contributed by atoms with van der Waals surface area (Å²) >= 11 is 0. The number of ether oxygens (including phenoxy) is 2. The third kappa shape index (κ3) is 5.46. The van der Waals surface area contributed by atoms with Crippen LogP contribution in [-0.2, 0) is 19.4 Å². The van der Waals surface area contributed by atoms with Crippen LogP contribution in [0.25, 0.3) is 11.3 Å². The van der Waals surface area contributed by atoms with Gasteiger partial charge in [0.1, 0.15) is 23.9 Å². The van der Waals surface area contributed by atoms with Gasteiger partial charge in [-0.05, 0) is 85.0 Å². The maximum atomic E-state index is 12.6. The molecular weight excluding hydrogens is 456 g/mol. The van der Waals surface area contributed by atoms with Gasteiger partial charge >= 0.3 is 6.61 Å². The van der Waals surface area contributed by atoms with Crippen LogP contribution in [0.15, 0.2) is 71.3 Å². The van der Waals surface area contributed by atoms with Crippen LogP contribution >= 0.6 is 0 Å². The van der Waals surface area contributed by atoms with Crippen LogP contribution in [-0.4, -0.2) is 22.5 Å². The first-order chi connectivity index (χ1) is 17.0. The highest BCUT2D eigenvalue weighted by molar-refractivity contribution is 6.01. The molecule has 0 spiro atoms. The Morgan fingerprint density at radius 1 is 1.00 bits per heavy atom. The van der Waals surface area contributed by atoms with Crippen LogP contribution in [0.5, 0.6) is 11.5 Å². The number of halogens is 2. The van der Waals surface area contributed by atoms with Crippen molar-refractivity contribution < 1.29 is 27.5 Å². The van der Waals surface area contributed by atoms with Gasteiger partial charge in [-0.15, -0.1) is 0 Å². The Kier molecular flexibility index (Phi) is 6.38. The Morgan fingerprint density at radius 2 is 1.80 bits per heavy atom. The molecule has 1 amide bonds. The van der Waals surface area contributed by atoms with Gasteiger partial charge in [-0.25, -0.2) is 9.97 Å².